The third kappa shape index (κ3) is 1.56. The predicted octanol–water partition coefficient (Wildman–Crippen LogP) is 0.873. The molecule has 0 fully saturated rings. The first-order valence-corrected chi connectivity index (χ1v) is 4.47. The van der Waals surface area contributed by atoms with Gasteiger partial charge in [-0.3, -0.25) is 9.48 Å². The van der Waals surface area contributed by atoms with Gasteiger partial charge in [0.2, 0.25) is 0 Å². The normalized spacial score (nSPS) is 10.4. The molecule has 0 saturated carbocycles. The van der Waals surface area contributed by atoms with Crippen LogP contribution in [0.3, 0.4) is 0 Å². The molecule has 0 atom stereocenters. The van der Waals surface area contributed by atoms with E-state index >= 15 is 0 Å². The highest BCUT2D eigenvalue weighted by Gasteiger charge is 2.16. The smallest absolute Gasteiger partial charge is 0.267 e. The van der Waals surface area contributed by atoms with Gasteiger partial charge in [0.05, 0.1) is 5.69 Å². The van der Waals surface area contributed by atoms with E-state index in [-0.39, 0.29) is 5.91 Å². The van der Waals surface area contributed by atoms with Crippen LogP contribution >= 0.6 is 0 Å². The maximum Gasteiger partial charge on any atom is 0.267 e. The second kappa shape index (κ2) is 3.60. The molecule has 1 heterocycles. The molecule has 1 rings (SSSR count). The molecule has 0 aromatic carbocycles. The second-order valence-corrected chi connectivity index (χ2v) is 2.95. The lowest BCUT2D eigenvalue weighted by Gasteiger charge is -2.01. The summed E-state index contributed by atoms with van der Waals surface area (Å²) >= 11 is 0. The molecule has 4 heteroatoms. The summed E-state index contributed by atoms with van der Waals surface area (Å²) in [6, 6.07) is 0. The van der Waals surface area contributed by atoms with Crippen molar-refractivity contribution in [3.05, 3.63) is 17.0 Å². The van der Waals surface area contributed by atoms with E-state index in [0.29, 0.717) is 12.2 Å². The van der Waals surface area contributed by atoms with E-state index in [1.807, 2.05) is 20.8 Å². The summed E-state index contributed by atoms with van der Waals surface area (Å²) in [6.07, 6.45) is 0.796. The van der Waals surface area contributed by atoms with Gasteiger partial charge in [0, 0.05) is 12.1 Å². The number of nitrogens with two attached hydrogens (primary N) is 1. The van der Waals surface area contributed by atoms with E-state index in [1.165, 1.54) is 0 Å². The SMILES string of the molecule is CCc1c(C)nn(CC)c1C(N)=O. The Kier molecular flexibility index (Phi) is 2.70. The number of aryl methyl sites for hydroxylation is 2. The third-order valence-corrected chi connectivity index (χ3v) is 2.14. The first kappa shape index (κ1) is 9.77. The Morgan fingerprint density at radius 1 is 1.54 bits per heavy atom. The topological polar surface area (TPSA) is 60.9 Å². The van der Waals surface area contributed by atoms with Gasteiger partial charge < -0.3 is 5.73 Å². The van der Waals surface area contributed by atoms with Gasteiger partial charge in [0.15, 0.2) is 0 Å². The van der Waals surface area contributed by atoms with Gasteiger partial charge in [-0.2, -0.15) is 5.10 Å². The number of hydrogen-bond acceptors (Lipinski definition) is 2. The largest absolute Gasteiger partial charge is 0.364 e. The van der Waals surface area contributed by atoms with Crippen molar-refractivity contribution in [1.29, 1.82) is 0 Å². The highest BCUT2D eigenvalue weighted by Crippen LogP contribution is 2.13. The molecule has 0 radical (unpaired) electrons. The van der Waals surface area contributed by atoms with Crippen LogP contribution in [0.5, 0.6) is 0 Å². The first-order valence-electron chi connectivity index (χ1n) is 4.47. The predicted molar refractivity (Wildman–Crippen MR) is 50.5 cm³/mol. The monoisotopic (exact) mass is 181 g/mol. The lowest BCUT2D eigenvalue weighted by molar-refractivity contribution is 0.0989. The molecule has 4 nitrogen and oxygen atoms in total. The fourth-order valence-electron chi connectivity index (χ4n) is 1.55. The minimum Gasteiger partial charge on any atom is -0.364 e. The molecule has 72 valence electrons. The van der Waals surface area contributed by atoms with Crippen LogP contribution in [0, 0.1) is 6.92 Å². The molecule has 1 aromatic heterocycles. The fraction of sp³-hybridized carbons (Fsp3) is 0.556. The molecule has 0 aliphatic rings. The zero-order valence-corrected chi connectivity index (χ0v) is 8.29. The first-order chi connectivity index (χ1) is 6.11. The van der Waals surface area contributed by atoms with Crippen LogP contribution in [0.25, 0.3) is 0 Å². The highest BCUT2D eigenvalue weighted by molar-refractivity contribution is 5.92. The Hall–Kier alpha value is -1.32. The number of hydrogen-bond donors (Lipinski definition) is 1. The van der Waals surface area contributed by atoms with E-state index in [2.05, 4.69) is 5.10 Å². The molecule has 13 heavy (non-hydrogen) atoms. The lowest BCUT2D eigenvalue weighted by Crippen LogP contribution is -2.18. The van der Waals surface area contributed by atoms with Crippen LogP contribution in [-0.2, 0) is 13.0 Å². The highest BCUT2D eigenvalue weighted by atomic mass is 16.1. The summed E-state index contributed by atoms with van der Waals surface area (Å²) in [5.74, 6) is -0.390. The zero-order valence-electron chi connectivity index (χ0n) is 8.29. The van der Waals surface area contributed by atoms with Crippen molar-refractivity contribution in [2.45, 2.75) is 33.7 Å². The molecule has 0 aliphatic heterocycles. The lowest BCUT2D eigenvalue weighted by atomic mass is 10.1. The van der Waals surface area contributed by atoms with Gasteiger partial charge in [-0.25, -0.2) is 0 Å². The summed E-state index contributed by atoms with van der Waals surface area (Å²) in [7, 11) is 0. The minimum absolute atomic E-state index is 0.390. The van der Waals surface area contributed by atoms with Crippen LogP contribution in [-0.4, -0.2) is 15.7 Å². The summed E-state index contributed by atoms with van der Waals surface area (Å²) in [4.78, 5) is 11.1. The van der Waals surface area contributed by atoms with E-state index in [4.69, 9.17) is 5.73 Å². The van der Waals surface area contributed by atoms with Crippen LogP contribution in [0.1, 0.15) is 35.6 Å². The van der Waals surface area contributed by atoms with Crippen molar-refractivity contribution in [1.82, 2.24) is 9.78 Å². The number of primary amides is 1. The van der Waals surface area contributed by atoms with Crippen molar-refractivity contribution in [2.75, 3.05) is 0 Å². The molecule has 1 aromatic rings. The molecule has 2 N–H and O–H groups in total. The summed E-state index contributed by atoms with van der Waals surface area (Å²) in [5, 5.41) is 4.24. The van der Waals surface area contributed by atoms with E-state index in [9.17, 15) is 4.79 Å². The summed E-state index contributed by atoms with van der Waals surface area (Å²) in [6.45, 7) is 6.52. The molecule has 0 bridgehead atoms. The van der Waals surface area contributed by atoms with Crippen molar-refractivity contribution < 1.29 is 4.79 Å². The zero-order chi connectivity index (χ0) is 10.0. The second-order valence-electron chi connectivity index (χ2n) is 2.95. The molecular formula is C9H15N3O. The Morgan fingerprint density at radius 2 is 2.15 bits per heavy atom. The maximum atomic E-state index is 11.1. The Morgan fingerprint density at radius 3 is 2.54 bits per heavy atom. The summed E-state index contributed by atoms with van der Waals surface area (Å²) in [5.41, 5.74) is 7.71. The molecule has 0 saturated heterocycles. The van der Waals surface area contributed by atoms with Gasteiger partial charge in [-0.1, -0.05) is 6.92 Å². The van der Waals surface area contributed by atoms with E-state index in [0.717, 1.165) is 17.7 Å². The molecule has 0 spiro atoms. The van der Waals surface area contributed by atoms with Crippen LogP contribution in [0.2, 0.25) is 0 Å². The van der Waals surface area contributed by atoms with Crippen molar-refractivity contribution in [3.8, 4) is 0 Å². The van der Waals surface area contributed by atoms with Gasteiger partial charge >= 0.3 is 0 Å². The molecule has 1 amide bonds. The quantitative estimate of drug-likeness (QED) is 0.752. The van der Waals surface area contributed by atoms with Crippen LogP contribution in [0.15, 0.2) is 0 Å². The Labute approximate surface area is 77.7 Å². The molecular weight excluding hydrogens is 166 g/mol. The molecule has 0 aliphatic carbocycles. The van der Waals surface area contributed by atoms with Gasteiger partial charge in [0.25, 0.3) is 5.91 Å². The number of carbonyl (C=O) groups excluding carboxylic acids is 1. The van der Waals surface area contributed by atoms with E-state index in [1.54, 1.807) is 4.68 Å². The van der Waals surface area contributed by atoms with Gasteiger partial charge in [-0.15, -0.1) is 0 Å². The number of nitrogens with zero attached hydrogens (tertiary/aromatic N) is 2. The van der Waals surface area contributed by atoms with Gasteiger partial charge in [0.1, 0.15) is 5.69 Å². The number of amides is 1. The average molecular weight is 181 g/mol. The van der Waals surface area contributed by atoms with Crippen molar-refractivity contribution >= 4 is 5.91 Å². The van der Waals surface area contributed by atoms with Gasteiger partial charge in [-0.05, 0) is 20.3 Å². The Bertz CT molecular complexity index is 328. The minimum atomic E-state index is -0.390. The van der Waals surface area contributed by atoms with Crippen LogP contribution in [0.4, 0.5) is 0 Å². The fourth-order valence-corrected chi connectivity index (χ4v) is 1.55. The van der Waals surface area contributed by atoms with E-state index < -0.39 is 0 Å². The third-order valence-electron chi connectivity index (χ3n) is 2.14. The Balaban J connectivity index is 3.32. The average Bonchev–Trinajstić information content (AvgIpc) is 2.41. The number of carbonyl (C=O) groups is 1. The summed E-state index contributed by atoms with van der Waals surface area (Å²) < 4.78 is 1.66. The van der Waals surface area contributed by atoms with Crippen molar-refractivity contribution in [2.24, 2.45) is 5.73 Å². The maximum absolute atomic E-state index is 11.1. The van der Waals surface area contributed by atoms with Crippen LogP contribution < -0.4 is 5.73 Å². The molecule has 0 unspecified atom stereocenters. The number of aromatic nitrogens is 2. The van der Waals surface area contributed by atoms with Crippen molar-refractivity contribution in [3.63, 3.8) is 0 Å². The number of rotatable bonds is 3. The standard InChI is InChI=1S/C9H15N3O/c1-4-7-6(3)11-12(5-2)8(7)9(10)13/h4-5H2,1-3H3,(H2,10,13).